The molecule has 3 aromatic carbocycles. The van der Waals surface area contributed by atoms with Gasteiger partial charge in [-0.05, 0) is 35.4 Å². The maximum absolute atomic E-state index is 12.6. The first-order chi connectivity index (χ1) is 12.5. The summed E-state index contributed by atoms with van der Waals surface area (Å²) in [5.74, 6) is -0.134. The van der Waals surface area contributed by atoms with E-state index in [1.165, 1.54) is 25.3 Å². The highest BCUT2D eigenvalue weighted by Gasteiger charge is 2.19. The smallest absolute Gasteiger partial charge is 0.270 e. The van der Waals surface area contributed by atoms with Crippen LogP contribution in [0.1, 0.15) is 28.9 Å². The van der Waals surface area contributed by atoms with E-state index in [4.69, 9.17) is 4.74 Å². The first kappa shape index (κ1) is 17.4. The number of hydrogen-bond acceptors (Lipinski definition) is 4. The SMILES string of the molecule is COc1ccc([N+](=O)[O-])cc1C(=O)NC(C)c1ccc2ccccc2c1. The molecule has 0 saturated heterocycles. The molecule has 0 spiro atoms. The van der Waals surface area contributed by atoms with Crippen LogP contribution in [0.5, 0.6) is 5.75 Å². The van der Waals surface area contributed by atoms with Crippen molar-refractivity contribution in [1.29, 1.82) is 0 Å². The average Bonchev–Trinajstić information content (AvgIpc) is 2.66. The Balaban J connectivity index is 1.86. The molecule has 1 atom stereocenters. The zero-order chi connectivity index (χ0) is 18.7. The van der Waals surface area contributed by atoms with E-state index in [-0.39, 0.29) is 17.3 Å². The molecule has 0 bridgehead atoms. The van der Waals surface area contributed by atoms with Crippen LogP contribution in [0.15, 0.2) is 60.7 Å². The van der Waals surface area contributed by atoms with Crippen LogP contribution >= 0.6 is 0 Å². The van der Waals surface area contributed by atoms with Gasteiger partial charge in [-0.15, -0.1) is 0 Å². The topological polar surface area (TPSA) is 81.5 Å². The summed E-state index contributed by atoms with van der Waals surface area (Å²) in [4.78, 5) is 23.1. The Kier molecular flexibility index (Phi) is 4.84. The molecule has 6 heteroatoms. The molecule has 132 valence electrons. The second-order valence-electron chi connectivity index (χ2n) is 5.94. The number of methoxy groups -OCH3 is 1. The van der Waals surface area contributed by atoms with Crippen LogP contribution < -0.4 is 10.1 Å². The molecule has 6 nitrogen and oxygen atoms in total. The van der Waals surface area contributed by atoms with E-state index in [1.54, 1.807) is 0 Å². The summed E-state index contributed by atoms with van der Waals surface area (Å²) in [7, 11) is 1.42. The number of fused-ring (bicyclic) bond motifs is 1. The molecule has 0 radical (unpaired) electrons. The lowest BCUT2D eigenvalue weighted by molar-refractivity contribution is -0.384. The Morgan fingerprint density at radius 3 is 2.50 bits per heavy atom. The fourth-order valence-corrected chi connectivity index (χ4v) is 2.82. The van der Waals surface area contributed by atoms with Crippen LogP contribution in [0, 0.1) is 10.1 Å². The number of carbonyl (C=O) groups is 1. The molecule has 1 N–H and O–H groups in total. The third-order valence-corrected chi connectivity index (χ3v) is 4.26. The van der Waals surface area contributed by atoms with Crippen LogP contribution in [0.3, 0.4) is 0 Å². The van der Waals surface area contributed by atoms with Gasteiger partial charge in [0.15, 0.2) is 0 Å². The highest BCUT2D eigenvalue weighted by molar-refractivity contribution is 5.98. The van der Waals surface area contributed by atoms with Crippen LogP contribution in [-0.2, 0) is 0 Å². The number of carbonyl (C=O) groups excluding carboxylic acids is 1. The Morgan fingerprint density at radius 2 is 1.81 bits per heavy atom. The predicted molar refractivity (Wildman–Crippen MR) is 99.5 cm³/mol. The number of non-ortho nitro benzene ring substituents is 1. The first-order valence-corrected chi connectivity index (χ1v) is 8.11. The van der Waals surface area contributed by atoms with Crippen molar-refractivity contribution in [2.24, 2.45) is 0 Å². The summed E-state index contributed by atoms with van der Waals surface area (Å²) in [5.41, 5.74) is 0.921. The lowest BCUT2D eigenvalue weighted by atomic mass is 10.0. The molecule has 3 rings (SSSR count). The molecule has 0 aliphatic rings. The van der Waals surface area contributed by atoms with E-state index in [0.717, 1.165) is 16.3 Å². The van der Waals surface area contributed by atoms with Crippen LogP contribution in [0.25, 0.3) is 10.8 Å². The van der Waals surface area contributed by atoms with Gasteiger partial charge in [0.25, 0.3) is 11.6 Å². The number of hydrogen-bond donors (Lipinski definition) is 1. The van der Waals surface area contributed by atoms with Crippen molar-refractivity contribution < 1.29 is 14.5 Å². The quantitative estimate of drug-likeness (QED) is 0.551. The fourth-order valence-electron chi connectivity index (χ4n) is 2.82. The van der Waals surface area contributed by atoms with Gasteiger partial charge in [0.05, 0.1) is 23.6 Å². The second kappa shape index (κ2) is 7.23. The molecule has 3 aromatic rings. The molecule has 0 aliphatic heterocycles. The minimum absolute atomic E-state index is 0.134. The van der Waals surface area contributed by atoms with Crippen molar-refractivity contribution in [3.05, 3.63) is 81.9 Å². The van der Waals surface area contributed by atoms with E-state index in [9.17, 15) is 14.9 Å². The molecule has 1 unspecified atom stereocenters. The van der Waals surface area contributed by atoms with Crippen LogP contribution in [0.2, 0.25) is 0 Å². The Bertz CT molecular complexity index is 984. The Labute approximate surface area is 150 Å². The largest absolute Gasteiger partial charge is 0.496 e. The summed E-state index contributed by atoms with van der Waals surface area (Å²) in [6.07, 6.45) is 0. The molecule has 1 amide bonds. The number of nitro groups is 1. The van der Waals surface area contributed by atoms with Crippen LogP contribution in [-0.4, -0.2) is 17.9 Å². The summed E-state index contributed by atoms with van der Waals surface area (Å²) in [6, 6.07) is 17.6. The molecule has 0 heterocycles. The van der Waals surface area contributed by atoms with E-state index in [2.05, 4.69) is 5.32 Å². The zero-order valence-corrected chi connectivity index (χ0v) is 14.4. The van der Waals surface area contributed by atoms with E-state index in [0.29, 0.717) is 5.75 Å². The normalized spacial score (nSPS) is 11.8. The molecule has 26 heavy (non-hydrogen) atoms. The third-order valence-electron chi connectivity index (χ3n) is 4.26. The average molecular weight is 350 g/mol. The van der Waals surface area contributed by atoms with Gasteiger partial charge in [-0.25, -0.2) is 0 Å². The summed E-state index contributed by atoms with van der Waals surface area (Å²) < 4.78 is 5.16. The summed E-state index contributed by atoms with van der Waals surface area (Å²) in [5, 5.41) is 16.1. The molecular formula is C20H18N2O4. The summed E-state index contributed by atoms with van der Waals surface area (Å²) in [6.45, 7) is 1.87. The van der Waals surface area contributed by atoms with Crippen molar-refractivity contribution in [3.8, 4) is 5.75 Å². The Morgan fingerprint density at radius 1 is 1.08 bits per heavy atom. The zero-order valence-electron chi connectivity index (χ0n) is 14.4. The van der Waals surface area contributed by atoms with Gasteiger partial charge in [0.2, 0.25) is 0 Å². The highest BCUT2D eigenvalue weighted by atomic mass is 16.6. The van der Waals surface area contributed by atoms with E-state index in [1.807, 2.05) is 49.4 Å². The number of nitro benzene ring substituents is 1. The number of ether oxygens (including phenoxy) is 1. The molecule has 0 aromatic heterocycles. The van der Waals surface area contributed by atoms with E-state index >= 15 is 0 Å². The second-order valence-corrected chi connectivity index (χ2v) is 5.94. The molecule has 0 fully saturated rings. The minimum atomic E-state index is -0.539. The van der Waals surface area contributed by atoms with Crippen molar-refractivity contribution in [1.82, 2.24) is 5.32 Å². The lowest BCUT2D eigenvalue weighted by Crippen LogP contribution is -2.27. The van der Waals surface area contributed by atoms with Gasteiger partial charge in [-0.2, -0.15) is 0 Å². The van der Waals surface area contributed by atoms with Gasteiger partial charge in [0.1, 0.15) is 5.75 Å². The standard InChI is InChI=1S/C20H18N2O4/c1-13(15-8-7-14-5-3-4-6-16(14)11-15)21-20(23)18-12-17(22(24)25)9-10-19(18)26-2/h3-13H,1-2H3,(H,21,23). The van der Waals surface area contributed by atoms with Gasteiger partial charge < -0.3 is 10.1 Å². The minimum Gasteiger partial charge on any atom is -0.496 e. The summed E-state index contributed by atoms with van der Waals surface area (Å²) >= 11 is 0. The first-order valence-electron chi connectivity index (χ1n) is 8.11. The molecular weight excluding hydrogens is 332 g/mol. The van der Waals surface area contributed by atoms with Crippen molar-refractivity contribution in [2.75, 3.05) is 7.11 Å². The third kappa shape index (κ3) is 3.49. The number of nitrogens with one attached hydrogen (secondary N) is 1. The maximum Gasteiger partial charge on any atom is 0.270 e. The predicted octanol–water partition coefficient (Wildman–Crippen LogP) is 4.25. The van der Waals surface area contributed by atoms with Gasteiger partial charge >= 0.3 is 0 Å². The van der Waals surface area contributed by atoms with Gasteiger partial charge in [-0.3, -0.25) is 14.9 Å². The number of nitrogens with zero attached hydrogens (tertiary/aromatic N) is 1. The van der Waals surface area contributed by atoms with Gasteiger partial charge in [-0.1, -0.05) is 36.4 Å². The number of amides is 1. The molecule has 0 saturated carbocycles. The highest BCUT2D eigenvalue weighted by Crippen LogP contribution is 2.25. The number of rotatable bonds is 5. The maximum atomic E-state index is 12.6. The monoisotopic (exact) mass is 350 g/mol. The molecule has 0 aliphatic carbocycles. The number of benzene rings is 3. The van der Waals surface area contributed by atoms with E-state index < -0.39 is 10.8 Å². The lowest BCUT2D eigenvalue weighted by Gasteiger charge is -2.16. The van der Waals surface area contributed by atoms with Crippen molar-refractivity contribution >= 4 is 22.4 Å². The Hall–Kier alpha value is -3.41. The van der Waals surface area contributed by atoms with Crippen LogP contribution in [0.4, 0.5) is 5.69 Å². The van der Waals surface area contributed by atoms with Crippen molar-refractivity contribution in [3.63, 3.8) is 0 Å². The van der Waals surface area contributed by atoms with Gasteiger partial charge in [0, 0.05) is 12.1 Å². The fraction of sp³-hybridized carbons (Fsp3) is 0.150. The van der Waals surface area contributed by atoms with Crippen molar-refractivity contribution in [2.45, 2.75) is 13.0 Å².